The first-order chi connectivity index (χ1) is 15.6. The molecule has 8 heteroatoms. The van der Waals surface area contributed by atoms with Crippen molar-refractivity contribution < 1.29 is 13.2 Å². The third-order valence-electron chi connectivity index (χ3n) is 6.23. The highest BCUT2D eigenvalue weighted by Crippen LogP contribution is 2.28. The van der Waals surface area contributed by atoms with Crippen molar-refractivity contribution in [2.75, 3.05) is 52.7 Å². The molecular formula is C25H36N4O3S. The molecule has 0 radical (unpaired) electrons. The molecule has 1 N–H and O–H groups in total. The summed E-state index contributed by atoms with van der Waals surface area (Å²) in [5.41, 5.74) is 3.50. The SMILES string of the molecule is Cc1ccc(C(CNC(=O)c2cc(S(=O)(=O)N(C)C)ccc2N2CCCCC2)N(C)C)cc1. The van der Waals surface area contributed by atoms with E-state index in [1.54, 1.807) is 12.1 Å². The minimum absolute atomic E-state index is 0.00155. The van der Waals surface area contributed by atoms with Crippen LogP contribution in [0.5, 0.6) is 0 Å². The van der Waals surface area contributed by atoms with Crippen molar-refractivity contribution >= 4 is 21.6 Å². The standard InChI is InChI=1S/C25H36N4O3S/c1-19-9-11-20(12-10-19)24(27(2)3)18-26-25(30)22-17-21(33(31,32)28(4)5)13-14-23(22)29-15-7-6-8-16-29/h9-14,17,24H,6-8,15-16,18H2,1-5H3,(H,26,30). The molecule has 1 saturated heterocycles. The summed E-state index contributed by atoms with van der Waals surface area (Å²) in [5, 5.41) is 3.07. The molecular weight excluding hydrogens is 436 g/mol. The van der Waals surface area contributed by atoms with Crippen LogP contribution in [-0.2, 0) is 10.0 Å². The quantitative estimate of drug-likeness (QED) is 0.638. The number of rotatable bonds is 8. The molecule has 3 rings (SSSR count). The number of likely N-dealkylation sites (N-methyl/N-ethyl adjacent to an activating group) is 1. The van der Waals surface area contributed by atoms with E-state index in [1.807, 2.05) is 21.0 Å². The van der Waals surface area contributed by atoms with Gasteiger partial charge in [0.25, 0.3) is 5.91 Å². The number of amides is 1. The molecule has 180 valence electrons. The van der Waals surface area contributed by atoms with Crippen LogP contribution in [0, 0.1) is 6.92 Å². The van der Waals surface area contributed by atoms with Gasteiger partial charge in [-0.25, -0.2) is 12.7 Å². The third-order valence-corrected chi connectivity index (χ3v) is 8.04. The number of hydrogen-bond donors (Lipinski definition) is 1. The first kappa shape index (κ1) is 25.2. The fourth-order valence-corrected chi connectivity index (χ4v) is 5.08. The van der Waals surface area contributed by atoms with Crippen LogP contribution < -0.4 is 10.2 Å². The summed E-state index contributed by atoms with van der Waals surface area (Å²) in [6, 6.07) is 13.2. The Labute approximate surface area is 198 Å². The average molecular weight is 473 g/mol. The largest absolute Gasteiger partial charge is 0.371 e. The van der Waals surface area contributed by atoms with E-state index in [-0.39, 0.29) is 16.8 Å². The normalized spacial score (nSPS) is 15.7. The number of nitrogens with zero attached hydrogens (tertiary/aromatic N) is 3. The Morgan fingerprint density at radius 3 is 2.21 bits per heavy atom. The van der Waals surface area contributed by atoms with Gasteiger partial charge in [-0.15, -0.1) is 0 Å². The molecule has 1 unspecified atom stereocenters. The molecule has 1 aliphatic rings. The third kappa shape index (κ3) is 5.93. The van der Waals surface area contributed by atoms with Gasteiger partial charge in [-0.2, -0.15) is 0 Å². The van der Waals surface area contributed by atoms with Crippen molar-refractivity contribution in [3.8, 4) is 0 Å². The lowest BCUT2D eigenvalue weighted by molar-refractivity contribution is 0.0942. The average Bonchev–Trinajstić information content (AvgIpc) is 2.80. The Balaban J connectivity index is 1.90. The van der Waals surface area contributed by atoms with Crippen LogP contribution in [0.2, 0.25) is 0 Å². The first-order valence-corrected chi connectivity index (χ1v) is 12.9. The van der Waals surface area contributed by atoms with Crippen molar-refractivity contribution in [3.05, 3.63) is 59.2 Å². The second-order valence-corrected chi connectivity index (χ2v) is 11.3. The van der Waals surface area contributed by atoms with Crippen molar-refractivity contribution in [1.29, 1.82) is 0 Å². The van der Waals surface area contributed by atoms with E-state index in [0.29, 0.717) is 12.1 Å². The number of benzene rings is 2. The van der Waals surface area contributed by atoms with Crippen LogP contribution in [-0.4, -0.2) is 71.4 Å². The maximum absolute atomic E-state index is 13.4. The molecule has 1 atom stereocenters. The molecule has 0 spiro atoms. The number of aryl methyl sites for hydroxylation is 1. The summed E-state index contributed by atoms with van der Waals surface area (Å²) < 4.78 is 26.6. The molecule has 2 aromatic rings. The second kappa shape index (κ2) is 10.7. The highest BCUT2D eigenvalue weighted by molar-refractivity contribution is 7.89. The summed E-state index contributed by atoms with van der Waals surface area (Å²) in [6.07, 6.45) is 3.30. The summed E-state index contributed by atoms with van der Waals surface area (Å²) in [7, 11) is 3.32. The van der Waals surface area contributed by atoms with Gasteiger partial charge in [-0.3, -0.25) is 4.79 Å². The van der Waals surface area contributed by atoms with E-state index in [0.717, 1.165) is 37.2 Å². The number of nitrogens with one attached hydrogen (secondary N) is 1. The molecule has 33 heavy (non-hydrogen) atoms. The van der Waals surface area contributed by atoms with E-state index in [9.17, 15) is 13.2 Å². The molecule has 1 amide bonds. The Kier molecular flexibility index (Phi) is 8.15. The molecule has 0 bridgehead atoms. The van der Waals surface area contributed by atoms with Gasteiger partial charge >= 0.3 is 0 Å². The van der Waals surface area contributed by atoms with Gasteiger partial charge < -0.3 is 15.1 Å². The summed E-state index contributed by atoms with van der Waals surface area (Å²) >= 11 is 0. The van der Waals surface area contributed by atoms with Gasteiger partial charge in [0.05, 0.1) is 16.5 Å². The van der Waals surface area contributed by atoms with E-state index in [1.165, 1.54) is 36.5 Å². The minimum atomic E-state index is -3.65. The van der Waals surface area contributed by atoms with Gasteiger partial charge in [0.15, 0.2) is 0 Å². The fourth-order valence-electron chi connectivity index (χ4n) is 4.15. The predicted octanol–water partition coefficient (Wildman–Crippen LogP) is 3.27. The highest BCUT2D eigenvalue weighted by Gasteiger charge is 2.25. The zero-order chi connectivity index (χ0) is 24.2. The minimum Gasteiger partial charge on any atom is -0.371 e. The molecule has 1 aliphatic heterocycles. The van der Waals surface area contributed by atoms with Gasteiger partial charge in [-0.05, 0) is 64.0 Å². The van der Waals surface area contributed by atoms with Gasteiger partial charge in [0.2, 0.25) is 10.0 Å². The number of piperidine rings is 1. The molecule has 2 aromatic carbocycles. The maximum Gasteiger partial charge on any atom is 0.253 e. The van der Waals surface area contributed by atoms with Crippen LogP contribution in [0.4, 0.5) is 5.69 Å². The number of carbonyl (C=O) groups excluding carboxylic acids is 1. The monoisotopic (exact) mass is 472 g/mol. The Morgan fingerprint density at radius 1 is 1.00 bits per heavy atom. The Hall–Kier alpha value is -2.42. The van der Waals surface area contributed by atoms with Crippen LogP contribution in [0.1, 0.15) is 46.8 Å². The number of carbonyl (C=O) groups is 1. The Morgan fingerprint density at radius 2 is 1.64 bits per heavy atom. The molecule has 0 aliphatic carbocycles. The lowest BCUT2D eigenvalue weighted by Crippen LogP contribution is -2.36. The zero-order valence-corrected chi connectivity index (χ0v) is 21.2. The second-order valence-electron chi connectivity index (χ2n) is 9.11. The van der Waals surface area contributed by atoms with Crippen molar-refractivity contribution in [2.45, 2.75) is 37.1 Å². The topological polar surface area (TPSA) is 73.0 Å². The zero-order valence-electron chi connectivity index (χ0n) is 20.3. The summed E-state index contributed by atoms with van der Waals surface area (Å²) in [4.78, 5) is 17.8. The smallest absolute Gasteiger partial charge is 0.253 e. The molecule has 1 heterocycles. The van der Waals surface area contributed by atoms with Crippen LogP contribution in [0.15, 0.2) is 47.4 Å². The highest BCUT2D eigenvalue weighted by atomic mass is 32.2. The van der Waals surface area contributed by atoms with E-state index < -0.39 is 10.0 Å². The fraction of sp³-hybridized carbons (Fsp3) is 0.480. The molecule has 7 nitrogen and oxygen atoms in total. The number of hydrogen-bond acceptors (Lipinski definition) is 5. The lowest BCUT2D eigenvalue weighted by Gasteiger charge is -2.31. The predicted molar refractivity (Wildman–Crippen MR) is 133 cm³/mol. The summed E-state index contributed by atoms with van der Waals surface area (Å²) in [6.45, 7) is 4.19. The van der Waals surface area contributed by atoms with E-state index >= 15 is 0 Å². The number of anilines is 1. The molecule has 0 aromatic heterocycles. The Bertz CT molecular complexity index is 1060. The van der Waals surface area contributed by atoms with E-state index in [2.05, 4.69) is 39.4 Å². The van der Waals surface area contributed by atoms with Crippen LogP contribution >= 0.6 is 0 Å². The first-order valence-electron chi connectivity index (χ1n) is 11.4. The van der Waals surface area contributed by atoms with Gasteiger partial charge in [-0.1, -0.05) is 29.8 Å². The van der Waals surface area contributed by atoms with Crippen molar-refractivity contribution in [1.82, 2.24) is 14.5 Å². The van der Waals surface area contributed by atoms with Gasteiger partial charge in [0.1, 0.15) is 0 Å². The lowest BCUT2D eigenvalue weighted by atomic mass is 10.0. The van der Waals surface area contributed by atoms with Crippen LogP contribution in [0.3, 0.4) is 0 Å². The maximum atomic E-state index is 13.4. The molecule has 1 fully saturated rings. The van der Waals surface area contributed by atoms with Crippen LogP contribution in [0.25, 0.3) is 0 Å². The van der Waals surface area contributed by atoms with Gasteiger partial charge in [0, 0.05) is 39.4 Å². The van der Waals surface area contributed by atoms with E-state index in [4.69, 9.17) is 0 Å². The molecule has 0 saturated carbocycles. The summed E-state index contributed by atoms with van der Waals surface area (Å²) in [5.74, 6) is -0.259. The van der Waals surface area contributed by atoms with Crippen molar-refractivity contribution in [3.63, 3.8) is 0 Å². The van der Waals surface area contributed by atoms with Crippen molar-refractivity contribution in [2.24, 2.45) is 0 Å². The number of sulfonamides is 1.